The van der Waals surface area contributed by atoms with Gasteiger partial charge in [0.05, 0.1) is 0 Å². The fraction of sp³-hybridized carbons (Fsp3) is 0.211. The van der Waals surface area contributed by atoms with Crippen molar-refractivity contribution in [3.8, 4) is 0 Å². The number of carbonyl (C=O) groups excluding carboxylic acids is 2. The van der Waals surface area contributed by atoms with Crippen molar-refractivity contribution < 1.29 is 18.7 Å². The van der Waals surface area contributed by atoms with Crippen molar-refractivity contribution >= 4 is 29.5 Å². The number of esters is 1. The van der Waals surface area contributed by atoms with Crippen LogP contribution in [0.3, 0.4) is 0 Å². The van der Waals surface area contributed by atoms with E-state index >= 15 is 0 Å². The van der Waals surface area contributed by atoms with E-state index < -0.39 is 5.97 Å². The molecule has 1 saturated heterocycles. The highest BCUT2D eigenvalue weighted by Crippen LogP contribution is 2.24. The summed E-state index contributed by atoms with van der Waals surface area (Å²) in [5.41, 5.74) is 1.73. The fourth-order valence-corrected chi connectivity index (χ4v) is 2.90. The van der Waals surface area contributed by atoms with E-state index in [9.17, 15) is 9.59 Å². The van der Waals surface area contributed by atoms with E-state index in [0.717, 1.165) is 24.4 Å². The molecular formula is C19H16N2O4. The molecule has 0 unspecified atom stereocenters. The van der Waals surface area contributed by atoms with E-state index in [1.807, 2.05) is 25.1 Å². The summed E-state index contributed by atoms with van der Waals surface area (Å²) in [6.07, 6.45) is 3.03. The smallest absolute Gasteiger partial charge is 0.363 e. The Balaban J connectivity index is 1.57. The Morgan fingerprint density at radius 2 is 1.92 bits per heavy atom. The van der Waals surface area contributed by atoms with Crippen LogP contribution in [0.15, 0.2) is 51.5 Å². The molecule has 4 rings (SSSR count). The molecule has 126 valence electrons. The lowest BCUT2D eigenvalue weighted by Crippen LogP contribution is -2.23. The first-order valence-electron chi connectivity index (χ1n) is 8.10. The second-order valence-electron chi connectivity index (χ2n) is 5.98. The zero-order valence-electron chi connectivity index (χ0n) is 13.7. The first kappa shape index (κ1) is 15.4. The molecule has 2 aliphatic heterocycles. The average molecular weight is 336 g/mol. The molecule has 0 atom stereocenters. The lowest BCUT2D eigenvalue weighted by Gasteiger charge is -2.15. The van der Waals surface area contributed by atoms with E-state index in [1.165, 1.54) is 0 Å². The van der Waals surface area contributed by atoms with Crippen molar-refractivity contribution in [3.63, 3.8) is 0 Å². The monoisotopic (exact) mass is 336 g/mol. The summed E-state index contributed by atoms with van der Waals surface area (Å²) in [7, 11) is 0. The van der Waals surface area contributed by atoms with Crippen LogP contribution in [0.25, 0.3) is 6.08 Å². The van der Waals surface area contributed by atoms with Gasteiger partial charge in [-0.15, -0.1) is 0 Å². The third kappa shape index (κ3) is 2.98. The molecule has 0 saturated carbocycles. The van der Waals surface area contributed by atoms with Gasteiger partial charge in [0.1, 0.15) is 11.5 Å². The molecule has 1 fully saturated rings. The zero-order valence-corrected chi connectivity index (χ0v) is 13.7. The van der Waals surface area contributed by atoms with Crippen LogP contribution < -0.4 is 4.90 Å². The number of amides is 1. The Kier molecular flexibility index (Phi) is 3.72. The molecule has 2 aliphatic rings. The Bertz CT molecular complexity index is 906. The van der Waals surface area contributed by atoms with E-state index in [1.54, 1.807) is 29.2 Å². The van der Waals surface area contributed by atoms with Gasteiger partial charge in [-0.05, 0) is 49.7 Å². The molecular weight excluding hydrogens is 320 g/mol. The van der Waals surface area contributed by atoms with Gasteiger partial charge >= 0.3 is 5.97 Å². The molecule has 6 heteroatoms. The summed E-state index contributed by atoms with van der Waals surface area (Å²) in [6, 6.07) is 10.9. The maximum Gasteiger partial charge on any atom is 0.363 e. The second kappa shape index (κ2) is 6.05. The Morgan fingerprint density at radius 1 is 1.12 bits per heavy atom. The number of hydrogen-bond donors (Lipinski definition) is 0. The van der Waals surface area contributed by atoms with E-state index in [4.69, 9.17) is 9.15 Å². The molecule has 0 spiro atoms. The third-order valence-electron chi connectivity index (χ3n) is 4.16. The lowest BCUT2D eigenvalue weighted by molar-refractivity contribution is -0.130. The molecule has 6 nitrogen and oxygen atoms in total. The van der Waals surface area contributed by atoms with E-state index in [2.05, 4.69) is 4.99 Å². The predicted molar refractivity (Wildman–Crippen MR) is 92.1 cm³/mol. The Hall–Kier alpha value is -3.15. The average Bonchev–Trinajstić information content (AvgIpc) is 3.30. The van der Waals surface area contributed by atoms with Crippen LogP contribution in [-0.4, -0.2) is 24.3 Å². The van der Waals surface area contributed by atoms with Gasteiger partial charge in [-0.25, -0.2) is 9.79 Å². The first-order chi connectivity index (χ1) is 12.1. The minimum Gasteiger partial charge on any atom is -0.462 e. The number of carbonyl (C=O) groups is 2. The van der Waals surface area contributed by atoms with Gasteiger partial charge in [0.25, 0.3) is 0 Å². The van der Waals surface area contributed by atoms with Gasteiger partial charge in [0.2, 0.25) is 11.8 Å². The molecule has 0 radical (unpaired) electrons. The summed E-state index contributed by atoms with van der Waals surface area (Å²) >= 11 is 0. The molecule has 0 aliphatic carbocycles. The minimum atomic E-state index is -0.511. The summed E-state index contributed by atoms with van der Waals surface area (Å²) < 4.78 is 10.7. The van der Waals surface area contributed by atoms with Crippen molar-refractivity contribution in [2.75, 3.05) is 11.4 Å². The quantitative estimate of drug-likeness (QED) is 0.638. The van der Waals surface area contributed by atoms with Gasteiger partial charge in [-0.3, -0.25) is 4.79 Å². The highest BCUT2D eigenvalue weighted by molar-refractivity contribution is 6.12. The zero-order chi connectivity index (χ0) is 17.4. The summed E-state index contributed by atoms with van der Waals surface area (Å²) in [5.74, 6) is 1.19. The normalized spacial score (nSPS) is 18.8. The van der Waals surface area contributed by atoms with Crippen LogP contribution in [-0.2, 0) is 14.3 Å². The highest BCUT2D eigenvalue weighted by atomic mass is 16.6. The lowest BCUT2D eigenvalue weighted by atomic mass is 10.2. The van der Waals surface area contributed by atoms with Crippen LogP contribution in [0.4, 0.5) is 5.69 Å². The molecule has 0 bridgehead atoms. The highest BCUT2D eigenvalue weighted by Gasteiger charge is 2.25. The Morgan fingerprint density at radius 3 is 2.56 bits per heavy atom. The minimum absolute atomic E-state index is 0.136. The maximum atomic E-state index is 12.0. The van der Waals surface area contributed by atoms with Crippen molar-refractivity contribution in [1.82, 2.24) is 0 Å². The van der Waals surface area contributed by atoms with Crippen LogP contribution in [0.1, 0.15) is 29.9 Å². The number of rotatable bonds is 3. The maximum absolute atomic E-state index is 12.0. The predicted octanol–water partition coefficient (Wildman–Crippen LogP) is 3.06. The van der Waals surface area contributed by atoms with Gasteiger partial charge in [-0.2, -0.15) is 0 Å². The number of benzene rings is 1. The van der Waals surface area contributed by atoms with Gasteiger partial charge in [0.15, 0.2) is 5.70 Å². The van der Waals surface area contributed by atoms with E-state index in [-0.39, 0.29) is 17.5 Å². The fourth-order valence-electron chi connectivity index (χ4n) is 2.90. The number of hydrogen-bond acceptors (Lipinski definition) is 5. The summed E-state index contributed by atoms with van der Waals surface area (Å²) in [4.78, 5) is 29.8. The molecule has 1 aromatic carbocycles. The number of cyclic esters (lactones) is 1. The molecule has 1 amide bonds. The van der Waals surface area contributed by atoms with Gasteiger partial charge in [0, 0.05) is 30.3 Å². The number of nitrogens with zero attached hydrogens (tertiary/aromatic N) is 2. The molecule has 2 aromatic rings. The number of furan rings is 1. The van der Waals surface area contributed by atoms with Crippen molar-refractivity contribution in [2.45, 2.75) is 19.8 Å². The third-order valence-corrected chi connectivity index (χ3v) is 4.16. The van der Waals surface area contributed by atoms with Gasteiger partial charge < -0.3 is 14.1 Å². The van der Waals surface area contributed by atoms with Crippen LogP contribution in [0.2, 0.25) is 0 Å². The standard InChI is InChI=1S/C19H16N2O4/c1-12-4-9-15(24-12)11-16-19(23)25-18(20-16)13-5-7-14(8-6-13)21-10-2-3-17(21)22/h4-9,11H,2-3,10H2,1H3/b16-11-. The van der Waals surface area contributed by atoms with Gasteiger partial charge in [-0.1, -0.05) is 0 Å². The largest absolute Gasteiger partial charge is 0.462 e. The summed E-state index contributed by atoms with van der Waals surface area (Å²) in [6.45, 7) is 2.57. The van der Waals surface area contributed by atoms with Crippen molar-refractivity contribution in [1.29, 1.82) is 0 Å². The SMILES string of the molecule is Cc1ccc(/C=C2\N=C(c3ccc(N4CCCC4=O)cc3)OC2=O)o1. The van der Waals surface area contributed by atoms with Crippen LogP contribution >= 0.6 is 0 Å². The number of ether oxygens (including phenoxy) is 1. The molecule has 3 heterocycles. The number of anilines is 1. The first-order valence-corrected chi connectivity index (χ1v) is 8.10. The van der Waals surface area contributed by atoms with Crippen molar-refractivity contribution in [2.24, 2.45) is 4.99 Å². The molecule has 25 heavy (non-hydrogen) atoms. The topological polar surface area (TPSA) is 72.1 Å². The molecule has 1 aromatic heterocycles. The van der Waals surface area contributed by atoms with E-state index in [0.29, 0.717) is 17.7 Å². The molecule has 0 N–H and O–H groups in total. The van der Waals surface area contributed by atoms with Crippen LogP contribution in [0.5, 0.6) is 0 Å². The second-order valence-corrected chi connectivity index (χ2v) is 5.98. The summed E-state index contributed by atoms with van der Waals surface area (Å²) in [5, 5.41) is 0. The Labute approximate surface area is 144 Å². The number of aryl methyl sites for hydroxylation is 1. The van der Waals surface area contributed by atoms with Crippen molar-refractivity contribution in [3.05, 3.63) is 59.2 Å². The number of aliphatic imine (C=N–C) groups is 1. The van der Waals surface area contributed by atoms with Crippen LogP contribution in [0, 0.1) is 6.92 Å².